The summed E-state index contributed by atoms with van der Waals surface area (Å²) in [6, 6.07) is 7.33. The molecular formula is C21H15BrN2O5S. The van der Waals surface area contributed by atoms with Gasteiger partial charge in [-0.2, -0.15) is 10.5 Å². The monoisotopic (exact) mass is 486 g/mol. The van der Waals surface area contributed by atoms with Gasteiger partial charge in [-0.05, 0) is 43.2 Å². The van der Waals surface area contributed by atoms with Gasteiger partial charge in [-0.1, -0.05) is 15.9 Å². The average molecular weight is 487 g/mol. The molecule has 3 rings (SSSR count). The fourth-order valence-electron chi connectivity index (χ4n) is 2.85. The molecule has 0 amide bonds. The molecule has 1 aliphatic heterocycles. The number of halogens is 1. The highest BCUT2D eigenvalue weighted by Crippen LogP contribution is 2.38. The van der Waals surface area contributed by atoms with Crippen molar-refractivity contribution >= 4 is 45.1 Å². The largest absolute Gasteiger partial charge is 0.462 e. The number of carbonyl (C=O) groups excluding carboxylic acids is 2. The molecule has 0 bridgehead atoms. The van der Waals surface area contributed by atoms with E-state index in [2.05, 4.69) is 15.9 Å². The Morgan fingerprint density at radius 3 is 2.63 bits per heavy atom. The first-order valence-corrected chi connectivity index (χ1v) is 10.4. The standard InChI is InChI=1S/C21H15BrN2O5S/c1-3-27-21(26)20-11(2)14(9-24)19(30-20)7-16(25)13(8-23)4-12-5-17-18(6-15(12)22)29-10-28-17/h4-6H,3,7,10H2,1-2H3/b13-4+. The lowest BCUT2D eigenvalue weighted by molar-refractivity contribution is -0.114. The molecule has 0 N–H and O–H groups in total. The lowest BCUT2D eigenvalue weighted by atomic mass is 10.0. The summed E-state index contributed by atoms with van der Waals surface area (Å²) in [4.78, 5) is 25.6. The van der Waals surface area contributed by atoms with E-state index < -0.39 is 11.8 Å². The number of ketones is 1. The first-order valence-electron chi connectivity index (χ1n) is 8.83. The van der Waals surface area contributed by atoms with Crippen molar-refractivity contribution in [3.05, 3.63) is 48.6 Å². The molecule has 1 aliphatic rings. The van der Waals surface area contributed by atoms with Gasteiger partial charge in [-0.15, -0.1) is 11.3 Å². The van der Waals surface area contributed by atoms with E-state index in [0.29, 0.717) is 32.0 Å². The first-order chi connectivity index (χ1) is 14.4. The minimum atomic E-state index is -0.532. The highest BCUT2D eigenvalue weighted by molar-refractivity contribution is 9.10. The Balaban J connectivity index is 1.91. The Bertz CT molecular complexity index is 1150. The summed E-state index contributed by atoms with van der Waals surface area (Å²) < 4.78 is 16.3. The van der Waals surface area contributed by atoms with Gasteiger partial charge in [0.25, 0.3) is 0 Å². The van der Waals surface area contributed by atoms with Gasteiger partial charge < -0.3 is 14.2 Å². The zero-order valence-electron chi connectivity index (χ0n) is 16.1. The Morgan fingerprint density at radius 1 is 1.30 bits per heavy atom. The predicted molar refractivity (Wildman–Crippen MR) is 112 cm³/mol. The number of allylic oxidation sites excluding steroid dienone is 1. The van der Waals surface area contributed by atoms with Gasteiger partial charge in [0.15, 0.2) is 17.3 Å². The van der Waals surface area contributed by atoms with Crippen LogP contribution < -0.4 is 9.47 Å². The summed E-state index contributed by atoms with van der Waals surface area (Å²) in [6.45, 7) is 3.64. The molecule has 0 saturated heterocycles. The molecule has 0 radical (unpaired) electrons. The lowest BCUT2D eigenvalue weighted by Gasteiger charge is -2.03. The molecule has 2 aromatic rings. The van der Waals surface area contributed by atoms with Crippen LogP contribution in [-0.2, 0) is 16.0 Å². The van der Waals surface area contributed by atoms with Crippen LogP contribution in [0.2, 0.25) is 0 Å². The van der Waals surface area contributed by atoms with Gasteiger partial charge in [0.05, 0.1) is 17.7 Å². The minimum absolute atomic E-state index is 0.0813. The van der Waals surface area contributed by atoms with Crippen LogP contribution in [0.4, 0.5) is 0 Å². The number of benzene rings is 1. The number of nitriles is 2. The van der Waals surface area contributed by atoms with Crippen molar-refractivity contribution in [2.45, 2.75) is 20.3 Å². The number of hydrogen-bond donors (Lipinski definition) is 0. The third-order valence-electron chi connectivity index (χ3n) is 4.33. The Labute approximate surface area is 185 Å². The third-order valence-corrected chi connectivity index (χ3v) is 6.28. The van der Waals surface area contributed by atoms with Crippen LogP contribution in [-0.4, -0.2) is 25.2 Å². The van der Waals surface area contributed by atoms with Gasteiger partial charge >= 0.3 is 5.97 Å². The predicted octanol–water partition coefficient (Wildman–Crippen LogP) is 4.31. The molecule has 7 nitrogen and oxygen atoms in total. The van der Waals surface area contributed by atoms with E-state index in [0.717, 1.165) is 11.3 Å². The van der Waals surface area contributed by atoms with Gasteiger partial charge in [0.1, 0.15) is 17.0 Å². The van der Waals surface area contributed by atoms with Crippen LogP contribution in [0.1, 0.15) is 38.2 Å². The van der Waals surface area contributed by atoms with Crippen LogP contribution in [0.5, 0.6) is 11.5 Å². The second-order valence-corrected chi connectivity index (χ2v) is 8.14. The fourth-order valence-corrected chi connectivity index (χ4v) is 4.44. The topological polar surface area (TPSA) is 109 Å². The second kappa shape index (κ2) is 9.12. The molecule has 0 atom stereocenters. The maximum Gasteiger partial charge on any atom is 0.348 e. The van der Waals surface area contributed by atoms with Crippen LogP contribution >= 0.6 is 27.3 Å². The van der Waals surface area contributed by atoms with Crippen molar-refractivity contribution in [2.75, 3.05) is 13.4 Å². The molecule has 1 aromatic heterocycles. The summed E-state index contributed by atoms with van der Waals surface area (Å²) in [7, 11) is 0. The van der Waals surface area contributed by atoms with Gasteiger partial charge in [0.2, 0.25) is 6.79 Å². The Kier molecular flexibility index (Phi) is 6.56. The number of fused-ring (bicyclic) bond motifs is 1. The van der Waals surface area contributed by atoms with Crippen LogP contribution in [0.15, 0.2) is 22.2 Å². The first kappa shape index (κ1) is 21.6. The molecular weight excluding hydrogens is 472 g/mol. The second-order valence-electron chi connectivity index (χ2n) is 6.18. The SMILES string of the molecule is CCOC(=O)c1sc(CC(=O)/C(C#N)=C/c2cc3c(cc2Br)OCO3)c(C#N)c1C. The van der Waals surface area contributed by atoms with E-state index >= 15 is 0 Å². The fraction of sp³-hybridized carbons (Fsp3) is 0.238. The van der Waals surface area contributed by atoms with Crippen LogP contribution in [0, 0.1) is 29.6 Å². The molecule has 2 heterocycles. The van der Waals surface area contributed by atoms with E-state index in [1.54, 1.807) is 26.0 Å². The summed E-state index contributed by atoms with van der Waals surface area (Å²) in [6.07, 6.45) is 1.28. The molecule has 0 fully saturated rings. The van der Waals surface area contributed by atoms with Crippen molar-refractivity contribution in [2.24, 2.45) is 0 Å². The molecule has 30 heavy (non-hydrogen) atoms. The van der Waals surface area contributed by atoms with Gasteiger partial charge in [-0.3, -0.25) is 4.79 Å². The van der Waals surface area contributed by atoms with Crippen molar-refractivity contribution in [3.8, 4) is 23.6 Å². The minimum Gasteiger partial charge on any atom is -0.462 e. The van der Waals surface area contributed by atoms with E-state index in [4.69, 9.17) is 14.2 Å². The smallest absolute Gasteiger partial charge is 0.348 e. The highest BCUT2D eigenvalue weighted by Gasteiger charge is 2.24. The zero-order chi connectivity index (χ0) is 21.8. The number of Topliss-reactive ketones (excluding diaryl/α,β-unsaturated/α-hetero) is 1. The van der Waals surface area contributed by atoms with Crippen LogP contribution in [0.25, 0.3) is 6.08 Å². The number of esters is 1. The highest BCUT2D eigenvalue weighted by atomic mass is 79.9. The molecule has 0 saturated carbocycles. The lowest BCUT2D eigenvalue weighted by Crippen LogP contribution is -2.05. The third kappa shape index (κ3) is 4.23. The summed E-state index contributed by atoms with van der Waals surface area (Å²) in [5, 5.41) is 19.0. The number of carbonyl (C=O) groups is 2. The molecule has 0 aliphatic carbocycles. The molecule has 0 spiro atoms. The van der Waals surface area contributed by atoms with Crippen molar-refractivity contribution in [3.63, 3.8) is 0 Å². The number of hydrogen-bond acceptors (Lipinski definition) is 8. The zero-order valence-corrected chi connectivity index (χ0v) is 18.5. The molecule has 9 heteroatoms. The number of ether oxygens (including phenoxy) is 3. The summed E-state index contributed by atoms with van der Waals surface area (Å²) in [5.74, 6) is 0.0998. The van der Waals surface area contributed by atoms with Gasteiger partial charge in [0, 0.05) is 15.8 Å². The van der Waals surface area contributed by atoms with Crippen molar-refractivity contribution in [1.82, 2.24) is 0 Å². The van der Waals surface area contributed by atoms with E-state index in [1.165, 1.54) is 6.08 Å². The Morgan fingerprint density at radius 2 is 2.00 bits per heavy atom. The average Bonchev–Trinajstić information content (AvgIpc) is 3.29. The van der Waals surface area contributed by atoms with Crippen molar-refractivity contribution in [1.29, 1.82) is 10.5 Å². The maximum atomic E-state index is 12.8. The number of thiophene rings is 1. The maximum absolute atomic E-state index is 12.8. The molecule has 1 aromatic carbocycles. The van der Waals surface area contributed by atoms with Crippen LogP contribution in [0.3, 0.4) is 0 Å². The summed E-state index contributed by atoms with van der Waals surface area (Å²) >= 11 is 4.44. The van der Waals surface area contributed by atoms with E-state index in [-0.39, 0.29) is 35.8 Å². The van der Waals surface area contributed by atoms with E-state index in [1.807, 2.05) is 12.1 Å². The molecule has 0 unspecified atom stereocenters. The quantitative estimate of drug-likeness (QED) is 0.339. The normalized spacial score (nSPS) is 12.2. The Hall–Kier alpha value is -3.14. The van der Waals surface area contributed by atoms with Crippen molar-refractivity contribution < 1.29 is 23.8 Å². The summed E-state index contributed by atoms with van der Waals surface area (Å²) in [5.41, 5.74) is 1.24. The number of rotatable bonds is 6. The molecule has 152 valence electrons. The van der Waals surface area contributed by atoms with E-state index in [9.17, 15) is 20.1 Å². The van der Waals surface area contributed by atoms with Gasteiger partial charge in [-0.25, -0.2) is 4.79 Å². The number of nitrogens with zero attached hydrogens (tertiary/aromatic N) is 2.